The van der Waals surface area contributed by atoms with Crippen LogP contribution in [0.1, 0.15) is 6.92 Å². The van der Waals surface area contributed by atoms with E-state index in [9.17, 15) is 4.79 Å². The van der Waals surface area contributed by atoms with Crippen molar-refractivity contribution in [1.82, 2.24) is 9.78 Å². The van der Waals surface area contributed by atoms with Crippen molar-refractivity contribution < 1.29 is 0 Å². The minimum atomic E-state index is -0.0431. The Morgan fingerprint density at radius 2 is 2.19 bits per heavy atom. The topological polar surface area (TPSA) is 60.9 Å². The number of nitrogens with two attached hydrogens (primary N) is 1. The van der Waals surface area contributed by atoms with Crippen LogP contribution in [0.25, 0.3) is 10.8 Å². The van der Waals surface area contributed by atoms with Crippen molar-refractivity contribution in [3.8, 4) is 0 Å². The molecule has 0 radical (unpaired) electrons. The molecule has 0 spiro atoms. The van der Waals surface area contributed by atoms with E-state index in [4.69, 9.17) is 5.73 Å². The van der Waals surface area contributed by atoms with Gasteiger partial charge < -0.3 is 5.73 Å². The third-order valence-electron chi connectivity index (χ3n) is 2.65. The summed E-state index contributed by atoms with van der Waals surface area (Å²) in [5, 5.41) is 5.73. The van der Waals surface area contributed by atoms with Crippen molar-refractivity contribution in [3.05, 3.63) is 40.8 Å². The Hall–Kier alpha value is -1.68. The Bertz CT molecular complexity index is 547. The fourth-order valence-corrected chi connectivity index (χ4v) is 1.63. The number of hydrogen-bond acceptors (Lipinski definition) is 3. The smallest absolute Gasteiger partial charge is 0.274 e. The van der Waals surface area contributed by atoms with Gasteiger partial charge >= 0.3 is 0 Å². The van der Waals surface area contributed by atoms with E-state index in [-0.39, 0.29) is 11.5 Å². The van der Waals surface area contributed by atoms with Gasteiger partial charge in [0.25, 0.3) is 5.56 Å². The Balaban J connectivity index is 2.49. The van der Waals surface area contributed by atoms with Crippen LogP contribution in [0.4, 0.5) is 0 Å². The Labute approximate surface area is 93.7 Å². The first-order valence-corrected chi connectivity index (χ1v) is 5.37. The minimum Gasteiger partial charge on any atom is -0.330 e. The summed E-state index contributed by atoms with van der Waals surface area (Å²) in [4.78, 5) is 12.0. The second-order valence-electron chi connectivity index (χ2n) is 4.06. The zero-order chi connectivity index (χ0) is 11.5. The van der Waals surface area contributed by atoms with Crippen LogP contribution in [0.3, 0.4) is 0 Å². The summed E-state index contributed by atoms with van der Waals surface area (Å²) >= 11 is 0. The maximum absolute atomic E-state index is 12.0. The molecule has 2 N–H and O–H groups in total. The summed E-state index contributed by atoms with van der Waals surface area (Å²) in [5.41, 5.74) is 5.50. The summed E-state index contributed by atoms with van der Waals surface area (Å²) in [6.45, 7) is 3.13. The predicted molar refractivity (Wildman–Crippen MR) is 64.2 cm³/mol. The van der Waals surface area contributed by atoms with Gasteiger partial charge in [0, 0.05) is 11.9 Å². The molecule has 1 heterocycles. The molecule has 1 atom stereocenters. The number of rotatable bonds is 3. The third-order valence-corrected chi connectivity index (χ3v) is 2.65. The van der Waals surface area contributed by atoms with E-state index in [1.165, 1.54) is 4.68 Å². The first-order chi connectivity index (χ1) is 7.72. The molecule has 4 nitrogen and oxygen atoms in total. The SMILES string of the molecule is CC(CN)Cn1ncc2ccccc2c1=O. The fourth-order valence-electron chi connectivity index (χ4n) is 1.63. The molecule has 0 aliphatic carbocycles. The molecule has 2 rings (SSSR count). The van der Waals surface area contributed by atoms with Gasteiger partial charge in [-0.3, -0.25) is 4.79 Å². The van der Waals surface area contributed by atoms with Gasteiger partial charge in [0.15, 0.2) is 0 Å². The first kappa shape index (κ1) is 10.8. The van der Waals surface area contributed by atoms with Crippen molar-refractivity contribution in [3.63, 3.8) is 0 Å². The number of fused-ring (bicyclic) bond motifs is 1. The van der Waals surface area contributed by atoms with Crippen LogP contribution in [0.15, 0.2) is 35.3 Å². The van der Waals surface area contributed by atoms with Gasteiger partial charge in [-0.1, -0.05) is 25.1 Å². The van der Waals surface area contributed by atoms with Crippen LogP contribution in [-0.2, 0) is 6.54 Å². The molecule has 0 bridgehead atoms. The van der Waals surface area contributed by atoms with Crippen molar-refractivity contribution in [2.75, 3.05) is 6.54 Å². The lowest BCUT2D eigenvalue weighted by Crippen LogP contribution is -2.28. The van der Waals surface area contributed by atoms with Gasteiger partial charge in [-0.25, -0.2) is 4.68 Å². The highest BCUT2D eigenvalue weighted by Gasteiger charge is 2.06. The van der Waals surface area contributed by atoms with Crippen molar-refractivity contribution in [2.24, 2.45) is 11.7 Å². The average molecular weight is 217 g/mol. The molecule has 1 aromatic carbocycles. The van der Waals surface area contributed by atoms with Gasteiger partial charge in [-0.05, 0) is 18.5 Å². The van der Waals surface area contributed by atoms with E-state index in [1.54, 1.807) is 6.20 Å². The molecule has 84 valence electrons. The lowest BCUT2D eigenvalue weighted by atomic mass is 10.2. The molecule has 4 heteroatoms. The Morgan fingerprint density at radius 3 is 2.94 bits per heavy atom. The van der Waals surface area contributed by atoms with Crippen LogP contribution < -0.4 is 11.3 Å². The fraction of sp³-hybridized carbons (Fsp3) is 0.333. The monoisotopic (exact) mass is 217 g/mol. The van der Waals surface area contributed by atoms with Crippen LogP contribution in [0, 0.1) is 5.92 Å². The summed E-state index contributed by atoms with van der Waals surface area (Å²) in [5.74, 6) is 0.256. The van der Waals surface area contributed by atoms with Gasteiger partial charge in [0.2, 0.25) is 0 Å². The highest BCUT2D eigenvalue weighted by Crippen LogP contribution is 2.06. The molecule has 16 heavy (non-hydrogen) atoms. The standard InChI is InChI=1S/C12H15N3O/c1-9(6-13)8-15-12(16)11-5-3-2-4-10(11)7-14-15/h2-5,7,9H,6,8,13H2,1H3. The molecule has 1 unspecified atom stereocenters. The zero-order valence-electron chi connectivity index (χ0n) is 9.26. The lowest BCUT2D eigenvalue weighted by molar-refractivity contribution is 0.445. The van der Waals surface area contributed by atoms with E-state index in [1.807, 2.05) is 31.2 Å². The Kier molecular flexibility index (Phi) is 3.01. The van der Waals surface area contributed by atoms with Crippen molar-refractivity contribution in [2.45, 2.75) is 13.5 Å². The van der Waals surface area contributed by atoms with Gasteiger partial charge in [-0.15, -0.1) is 0 Å². The number of aromatic nitrogens is 2. The summed E-state index contributed by atoms with van der Waals surface area (Å²) in [7, 11) is 0. The lowest BCUT2D eigenvalue weighted by Gasteiger charge is -2.10. The van der Waals surface area contributed by atoms with Gasteiger partial charge in [0.05, 0.1) is 11.6 Å². The molecule has 0 aliphatic rings. The molecule has 0 fully saturated rings. The third kappa shape index (κ3) is 1.97. The highest BCUT2D eigenvalue weighted by molar-refractivity contribution is 5.80. The van der Waals surface area contributed by atoms with Crippen LogP contribution in [0.2, 0.25) is 0 Å². The molecule has 1 aromatic heterocycles. The molecule has 0 aliphatic heterocycles. The molecule has 0 saturated carbocycles. The zero-order valence-corrected chi connectivity index (χ0v) is 9.26. The first-order valence-electron chi connectivity index (χ1n) is 5.37. The van der Waals surface area contributed by atoms with E-state index in [2.05, 4.69) is 5.10 Å². The second-order valence-corrected chi connectivity index (χ2v) is 4.06. The Morgan fingerprint density at radius 1 is 1.44 bits per heavy atom. The number of hydrogen-bond donors (Lipinski definition) is 1. The number of benzene rings is 1. The van der Waals surface area contributed by atoms with Gasteiger partial charge in [-0.2, -0.15) is 5.10 Å². The molecule has 0 saturated heterocycles. The van der Waals surface area contributed by atoms with E-state index < -0.39 is 0 Å². The normalized spacial score (nSPS) is 12.9. The quantitative estimate of drug-likeness (QED) is 0.834. The minimum absolute atomic E-state index is 0.0431. The maximum atomic E-state index is 12.0. The molecule has 0 amide bonds. The van der Waals surface area contributed by atoms with Crippen LogP contribution >= 0.6 is 0 Å². The van der Waals surface area contributed by atoms with Crippen molar-refractivity contribution in [1.29, 1.82) is 0 Å². The summed E-state index contributed by atoms with van der Waals surface area (Å²) in [6, 6.07) is 7.47. The predicted octanol–water partition coefficient (Wildman–Crippen LogP) is 0.991. The summed E-state index contributed by atoms with van der Waals surface area (Å²) in [6.07, 6.45) is 1.72. The van der Waals surface area contributed by atoms with Crippen molar-refractivity contribution >= 4 is 10.8 Å². The summed E-state index contributed by atoms with van der Waals surface area (Å²) < 4.78 is 1.49. The highest BCUT2D eigenvalue weighted by atomic mass is 16.1. The van der Waals surface area contributed by atoms with E-state index in [0.29, 0.717) is 18.5 Å². The van der Waals surface area contributed by atoms with E-state index in [0.717, 1.165) is 5.39 Å². The molecule has 2 aromatic rings. The average Bonchev–Trinajstić information content (AvgIpc) is 2.33. The molecular weight excluding hydrogens is 202 g/mol. The van der Waals surface area contributed by atoms with Crippen LogP contribution in [-0.4, -0.2) is 16.3 Å². The maximum Gasteiger partial charge on any atom is 0.274 e. The largest absolute Gasteiger partial charge is 0.330 e. The van der Waals surface area contributed by atoms with Crippen LogP contribution in [0.5, 0.6) is 0 Å². The molecular formula is C12H15N3O. The van der Waals surface area contributed by atoms with Gasteiger partial charge in [0.1, 0.15) is 0 Å². The van der Waals surface area contributed by atoms with E-state index >= 15 is 0 Å². The second kappa shape index (κ2) is 4.45. The number of nitrogens with zero attached hydrogens (tertiary/aromatic N) is 2.